The van der Waals surface area contributed by atoms with E-state index in [-0.39, 0.29) is 35.2 Å². The van der Waals surface area contributed by atoms with E-state index in [4.69, 9.17) is 11.6 Å². The summed E-state index contributed by atoms with van der Waals surface area (Å²) in [5.74, 6) is -0.0495. The number of aliphatic hydroxyl groups excluding tert-OH is 1. The van der Waals surface area contributed by atoms with Gasteiger partial charge < -0.3 is 10.4 Å². The second kappa shape index (κ2) is 7.72. The van der Waals surface area contributed by atoms with Crippen molar-refractivity contribution in [2.75, 3.05) is 25.5 Å². The maximum Gasteiger partial charge on any atom is 0.271 e. The van der Waals surface area contributed by atoms with Crippen LogP contribution in [0.5, 0.6) is 0 Å². The number of nitrogens with zero attached hydrogens (tertiary/aromatic N) is 2. The van der Waals surface area contributed by atoms with Crippen molar-refractivity contribution in [3.63, 3.8) is 0 Å². The zero-order valence-electron chi connectivity index (χ0n) is 12.9. The van der Waals surface area contributed by atoms with Crippen molar-refractivity contribution in [1.29, 1.82) is 0 Å². The van der Waals surface area contributed by atoms with Gasteiger partial charge in [-0.1, -0.05) is 18.0 Å². The number of rotatable bonds is 6. The van der Waals surface area contributed by atoms with Crippen LogP contribution in [-0.2, 0) is 4.79 Å². The number of carbonyl (C=O) groups is 1. The molecule has 1 aromatic carbocycles. The van der Waals surface area contributed by atoms with Crippen molar-refractivity contribution >= 4 is 28.9 Å². The summed E-state index contributed by atoms with van der Waals surface area (Å²) in [6.45, 7) is 0.819. The molecule has 2 atom stereocenters. The van der Waals surface area contributed by atoms with E-state index in [2.05, 4.69) is 5.32 Å². The van der Waals surface area contributed by atoms with E-state index < -0.39 is 4.92 Å². The van der Waals surface area contributed by atoms with Crippen LogP contribution in [0.1, 0.15) is 19.3 Å². The summed E-state index contributed by atoms with van der Waals surface area (Å²) < 4.78 is 0. The average molecular weight is 342 g/mol. The minimum absolute atomic E-state index is 0.125. The molecule has 1 saturated carbocycles. The van der Waals surface area contributed by atoms with Crippen LogP contribution in [0.15, 0.2) is 18.2 Å². The van der Waals surface area contributed by atoms with Gasteiger partial charge in [0.1, 0.15) is 0 Å². The maximum absolute atomic E-state index is 12.0. The average Bonchev–Trinajstić information content (AvgIpc) is 2.86. The van der Waals surface area contributed by atoms with Crippen molar-refractivity contribution in [3.8, 4) is 0 Å². The van der Waals surface area contributed by atoms with E-state index in [1.165, 1.54) is 18.2 Å². The molecule has 0 bridgehead atoms. The highest BCUT2D eigenvalue weighted by Gasteiger charge is 2.26. The molecular formula is C15H20ClN3O4. The highest BCUT2D eigenvalue weighted by atomic mass is 35.5. The Bertz CT molecular complexity index is 596. The Morgan fingerprint density at radius 2 is 2.26 bits per heavy atom. The SMILES string of the molecule is CN(CC(=O)Nc1ccc([N+](=O)[O-])cc1Cl)CC1CCCC1O. The number of nitro benzene ring substituents is 1. The summed E-state index contributed by atoms with van der Waals surface area (Å²) in [6, 6.07) is 3.91. The van der Waals surface area contributed by atoms with Crippen LogP contribution in [0.3, 0.4) is 0 Å². The molecule has 2 rings (SSSR count). The van der Waals surface area contributed by atoms with Gasteiger partial charge >= 0.3 is 0 Å². The number of anilines is 1. The number of aliphatic hydroxyl groups is 1. The lowest BCUT2D eigenvalue weighted by molar-refractivity contribution is -0.384. The molecule has 0 spiro atoms. The van der Waals surface area contributed by atoms with Gasteiger partial charge in [0.25, 0.3) is 5.69 Å². The van der Waals surface area contributed by atoms with E-state index in [0.29, 0.717) is 12.2 Å². The fraction of sp³-hybridized carbons (Fsp3) is 0.533. The van der Waals surface area contributed by atoms with Crippen LogP contribution in [-0.4, -0.2) is 47.1 Å². The number of benzene rings is 1. The number of non-ortho nitro benzene ring substituents is 1. The van der Waals surface area contributed by atoms with Crippen molar-refractivity contribution in [1.82, 2.24) is 4.90 Å². The highest BCUT2D eigenvalue weighted by Crippen LogP contribution is 2.27. The van der Waals surface area contributed by atoms with Crippen LogP contribution in [0.4, 0.5) is 11.4 Å². The molecule has 0 heterocycles. The minimum Gasteiger partial charge on any atom is -0.393 e. The van der Waals surface area contributed by atoms with Gasteiger partial charge in [-0.2, -0.15) is 0 Å². The lowest BCUT2D eigenvalue weighted by atomic mass is 10.1. The molecule has 0 aromatic heterocycles. The fourth-order valence-corrected chi connectivity index (χ4v) is 3.07. The van der Waals surface area contributed by atoms with E-state index in [0.717, 1.165) is 19.3 Å². The van der Waals surface area contributed by atoms with E-state index >= 15 is 0 Å². The Hall–Kier alpha value is -1.70. The van der Waals surface area contributed by atoms with Gasteiger partial charge in [0.05, 0.1) is 28.3 Å². The number of hydrogen-bond donors (Lipinski definition) is 2. The predicted molar refractivity (Wildman–Crippen MR) is 87.6 cm³/mol. The van der Waals surface area contributed by atoms with Crippen LogP contribution in [0.25, 0.3) is 0 Å². The normalized spacial score (nSPS) is 20.7. The number of nitro groups is 1. The number of hydrogen-bond acceptors (Lipinski definition) is 5. The van der Waals surface area contributed by atoms with E-state index in [1.54, 1.807) is 0 Å². The van der Waals surface area contributed by atoms with Crippen molar-refractivity contribution in [2.45, 2.75) is 25.4 Å². The zero-order chi connectivity index (χ0) is 17.0. The Balaban J connectivity index is 1.88. The summed E-state index contributed by atoms with van der Waals surface area (Å²) >= 11 is 5.94. The molecule has 8 heteroatoms. The topological polar surface area (TPSA) is 95.7 Å². The molecule has 2 unspecified atom stereocenters. The number of amides is 1. The number of likely N-dealkylation sites (N-methyl/N-ethyl adjacent to an activating group) is 1. The summed E-state index contributed by atoms with van der Waals surface area (Å²) in [5.41, 5.74) is 0.219. The van der Waals surface area contributed by atoms with Gasteiger partial charge in [0.2, 0.25) is 5.91 Å². The lowest BCUT2D eigenvalue weighted by Gasteiger charge is -2.22. The second-order valence-electron chi connectivity index (χ2n) is 5.92. The third-order valence-corrected chi connectivity index (χ3v) is 4.33. The van der Waals surface area contributed by atoms with Gasteiger partial charge in [0, 0.05) is 18.7 Å². The molecule has 1 amide bonds. The molecule has 2 N–H and O–H groups in total. The van der Waals surface area contributed by atoms with Crippen molar-refractivity contribution < 1.29 is 14.8 Å². The summed E-state index contributed by atoms with van der Waals surface area (Å²) in [7, 11) is 1.82. The standard InChI is InChI=1S/C15H20ClN3O4/c1-18(8-10-3-2-4-14(10)20)9-15(21)17-13-6-5-11(19(22)23)7-12(13)16/h5-7,10,14,20H,2-4,8-9H2,1H3,(H,17,21). The summed E-state index contributed by atoms with van der Waals surface area (Å²) in [5, 5.41) is 23.2. The molecule has 126 valence electrons. The molecule has 7 nitrogen and oxygen atoms in total. The lowest BCUT2D eigenvalue weighted by Crippen LogP contribution is -2.35. The number of halogens is 1. The Kier molecular flexibility index (Phi) is 5.92. The van der Waals surface area contributed by atoms with E-state index in [9.17, 15) is 20.0 Å². The molecule has 23 heavy (non-hydrogen) atoms. The van der Waals surface area contributed by atoms with E-state index in [1.807, 2.05) is 11.9 Å². The van der Waals surface area contributed by atoms with Gasteiger partial charge in [-0.15, -0.1) is 0 Å². The fourth-order valence-electron chi connectivity index (χ4n) is 2.85. The van der Waals surface area contributed by atoms with Gasteiger partial charge in [-0.25, -0.2) is 0 Å². The maximum atomic E-state index is 12.0. The van der Waals surface area contributed by atoms with Crippen LogP contribution in [0, 0.1) is 16.0 Å². The first-order valence-corrected chi connectivity index (χ1v) is 7.85. The first-order valence-electron chi connectivity index (χ1n) is 7.47. The number of carbonyl (C=O) groups excluding carboxylic acids is 1. The van der Waals surface area contributed by atoms with Crippen molar-refractivity contribution in [3.05, 3.63) is 33.3 Å². The van der Waals surface area contributed by atoms with Crippen molar-refractivity contribution in [2.24, 2.45) is 5.92 Å². The minimum atomic E-state index is -0.543. The first-order chi connectivity index (χ1) is 10.9. The molecule has 1 fully saturated rings. The van der Waals surface area contributed by atoms with Crippen LogP contribution in [0.2, 0.25) is 5.02 Å². The number of nitrogens with one attached hydrogen (secondary N) is 1. The largest absolute Gasteiger partial charge is 0.393 e. The van der Waals surface area contributed by atoms with Gasteiger partial charge in [0.15, 0.2) is 0 Å². The summed E-state index contributed by atoms with van der Waals surface area (Å²) in [6.07, 6.45) is 2.53. The smallest absolute Gasteiger partial charge is 0.271 e. The van der Waals surface area contributed by atoms with Gasteiger partial charge in [-0.05, 0) is 31.9 Å². The van der Waals surface area contributed by atoms with Crippen LogP contribution >= 0.6 is 11.6 Å². The third kappa shape index (κ3) is 4.89. The molecular weight excluding hydrogens is 322 g/mol. The predicted octanol–water partition coefficient (Wildman–Crippen LogP) is 2.28. The Morgan fingerprint density at radius 1 is 1.52 bits per heavy atom. The molecule has 0 aliphatic heterocycles. The summed E-state index contributed by atoms with van der Waals surface area (Å²) in [4.78, 5) is 24.0. The molecule has 0 saturated heterocycles. The van der Waals surface area contributed by atoms with Gasteiger partial charge in [-0.3, -0.25) is 19.8 Å². The second-order valence-corrected chi connectivity index (χ2v) is 6.33. The first kappa shape index (κ1) is 17.7. The molecule has 1 aliphatic carbocycles. The molecule has 1 aromatic rings. The quantitative estimate of drug-likeness (QED) is 0.611. The van der Waals surface area contributed by atoms with Crippen LogP contribution < -0.4 is 5.32 Å². The third-order valence-electron chi connectivity index (χ3n) is 4.02. The molecule has 0 radical (unpaired) electrons. The monoisotopic (exact) mass is 341 g/mol. The zero-order valence-corrected chi connectivity index (χ0v) is 13.6. The highest BCUT2D eigenvalue weighted by molar-refractivity contribution is 6.34. The molecule has 1 aliphatic rings. The Morgan fingerprint density at radius 3 is 2.83 bits per heavy atom. The Labute approximate surface area is 139 Å².